The first-order chi connectivity index (χ1) is 13.2. The number of amides is 1. The summed E-state index contributed by atoms with van der Waals surface area (Å²) in [5, 5.41) is 12.1. The number of ether oxygens (including phenoxy) is 1. The molecule has 0 radical (unpaired) electrons. The summed E-state index contributed by atoms with van der Waals surface area (Å²) in [5.41, 5.74) is 2.70. The van der Waals surface area contributed by atoms with Crippen molar-refractivity contribution in [1.82, 2.24) is 0 Å². The third kappa shape index (κ3) is 4.89. The third-order valence-corrected chi connectivity index (χ3v) is 4.46. The standard InChI is InChI=1S/C22H23N3O2/c1-2-27-21-11-7-19(8-12-21)24-22(26)18(16-23)15-17-5-9-20(10-6-17)25-13-3-4-14-25/h5-12,15H,2-4,13-14H2,1H3,(H,24,26)/b18-15-. The van der Waals surface area contributed by atoms with Crippen LogP contribution in [0.5, 0.6) is 5.75 Å². The lowest BCUT2D eigenvalue weighted by atomic mass is 10.1. The number of hydrogen-bond donors (Lipinski definition) is 1. The van der Waals surface area contributed by atoms with E-state index in [1.165, 1.54) is 18.5 Å². The van der Waals surface area contributed by atoms with Crippen molar-refractivity contribution in [1.29, 1.82) is 5.26 Å². The molecular weight excluding hydrogens is 338 g/mol. The second kappa shape index (κ2) is 8.91. The molecular formula is C22H23N3O2. The van der Waals surface area contributed by atoms with Gasteiger partial charge in [0.2, 0.25) is 0 Å². The molecule has 5 heteroatoms. The number of nitrogens with zero attached hydrogens (tertiary/aromatic N) is 2. The average Bonchev–Trinajstić information content (AvgIpc) is 3.23. The van der Waals surface area contributed by atoms with Crippen LogP contribution in [0.4, 0.5) is 11.4 Å². The number of hydrogen-bond acceptors (Lipinski definition) is 4. The van der Waals surface area contributed by atoms with Gasteiger partial charge < -0.3 is 15.0 Å². The number of carbonyl (C=O) groups excluding carboxylic acids is 1. The normalized spacial score (nSPS) is 13.9. The Morgan fingerprint density at radius 1 is 1.15 bits per heavy atom. The highest BCUT2D eigenvalue weighted by atomic mass is 16.5. The molecule has 138 valence electrons. The van der Waals surface area contributed by atoms with Gasteiger partial charge in [-0.1, -0.05) is 12.1 Å². The van der Waals surface area contributed by atoms with E-state index in [4.69, 9.17) is 4.74 Å². The molecule has 1 amide bonds. The molecule has 2 aromatic rings. The lowest BCUT2D eigenvalue weighted by molar-refractivity contribution is -0.112. The minimum absolute atomic E-state index is 0.0674. The summed E-state index contributed by atoms with van der Waals surface area (Å²) in [6.45, 7) is 4.67. The number of rotatable bonds is 6. The lowest BCUT2D eigenvalue weighted by Gasteiger charge is -2.17. The fourth-order valence-electron chi connectivity index (χ4n) is 3.07. The summed E-state index contributed by atoms with van der Waals surface area (Å²) in [6, 6.07) is 17.0. The van der Waals surface area contributed by atoms with Gasteiger partial charge in [-0.3, -0.25) is 4.79 Å². The topological polar surface area (TPSA) is 65.4 Å². The number of nitriles is 1. The molecule has 0 saturated carbocycles. The smallest absolute Gasteiger partial charge is 0.266 e. The quantitative estimate of drug-likeness (QED) is 0.618. The van der Waals surface area contributed by atoms with Crippen LogP contribution in [0.15, 0.2) is 54.1 Å². The van der Waals surface area contributed by atoms with E-state index in [9.17, 15) is 10.1 Å². The van der Waals surface area contributed by atoms with Crippen molar-refractivity contribution < 1.29 is 9.53 Å². The van der Waals surface area contributed by atoms with E-state index in [0.717, 1.165) is 24.4 Å². The van der Waals surface area contributed by atoms with Gasteiger partial charge in [0.15, 0.2) is 0 Å². The van der Waals surface area contributed by atoms with Crippen molar-refractivity contribution in [3.05, 3.63) is 59.7 Å². The third-order valence-electron chi connectivity index (χ3n) is 4.46. The first-order valence-corrected chi connectivity index (χ1v) is 9.20. The Morgan fingerprint density at radius 2 is 1.81 bits per heavy atom. The highest BCUT2D eigenvalue weighted by Crippen LogP contribution is 2.21. The van der Waals surface area contributed by atoms with Gasteiger partial charge in [-0.15, -0.1) is 0 Å². The zero-order chi connectivity index (χ0) is 19.1. The Balaban J connectivity index is 1.67. The van der Waals surface area contributed by atoms with Crippen LogP contribution in [0.1, 0.15) is 25.3 Å². The SMILES string of the molecule is CCOc1ccc(NC(=O)/C(C#N)=C\c2ccc(N3CCCC3)cc2)cc1. The van der Waals surface area contributed by atoms with Gasteiger partial charge >= 0.3 is 0 Å². The maximum atomic E-state index is 12.4. The Hall–Kier alpha value is -3.26. The minimum atomic E-state index is -0.426. The zero-order valence-electron chi connectivity index (χ0n) is 15.4. The summed E-state index contributed by atoms with van der Waals surface area (Å²) in [7, 11) is 0. The predicted molar refractivity (Wildman–Crippen MR) is 108 cm³/mol. The molecule has 1 N–H and O–H groups in total. The van der Waals surface area contributed by atoms with E-state index >= 15 is 0 Å². The minimum Gasteiger partial charge on any atom is -0.494 e. The zero-order valence-corrected chi connectivity index (χ0v) is 15.4. The van der Waals surface area contributed by atoms with Crippen molar-refractivity contribution >= 4 is 23.4 Å². The molecule has 0 bridgehead atoms. The highest BCUT2D eigenvalue weighted by molar-refractivity contribution is 6.09. The van der Waals surface area contributed by atoms with Crippen molar-refractivity contribution in [3.63, 3.8) is 0 Å². The Labute approximate surface area is 159 Å². The summed E-state index contributed by atoms with van der Waals surface area (Å²) < 4.78 is 5.38. The van der Waals surface area contributed by atoms with Crippen molar-refractivity contribution in [2.75, 3.05) is 29.9 Å². The maximum Gasteiger partial charge on any atom is 0.266 e. The second-order valence-electron chi connectivity index (χ2n) is 6.37. The van der Waals surface area contributed by atoms with E-state index in [1.54, 1.807) is 30.3 Å². The van der Waals surface area contributed by atoms with Crippen LogP contribution in [-0.4, -0.2) is 25.6 Å². The van der Waals surface area contributed by atoms with Crippen LogP contribution in [0.3, 0.4) is 0 Å². The van der Waals surface area contributed by atoms with E-state index in [0.29, 0.717) is 12.3 Å². The van der Waals surface area contributed by atoms with Crippen molar-refractivity contribution in [2.45, 2.75) is 19.8 Å². The molecule has 3 rings (SSSR count). The van der Waals surface area contributed by atoms with Gasteiger partial charge in [0.05, 0.1) is 6.61 Å². The Bertz CT molecular complexity index is 843. The Morgan fingerprint density at radius 3 is 2.41 bits per heavy atom. The fraction of sp³-hybridized carbons (Fsp3) is 0.273. The van der Waals surface area contributed by atoms with Crippen LogP contribution >= 0.6 is 0 Å². The van der Waals surface area contributed by atoms with Gasteiger partial charge in [-0.25, -0.2) is 0 Å². The summed E-state index contributed by atoms with van der Waals surface area (Å²) >= 11 is 0. The number of carbonyl (C=O) groups is 1. The summed E-state index contributed by atoms with van der Waals surface area (Å²) in [4.78, 5) is 14.7. The molecule has 0 atom stereocenters. The van der Waals surface area contributed by atoms with Gasteiger partial charge in [0.25, 0.3) is 5.91 Å². The van der Waals surface area contributed by atoms with Crippen LogP contribution in [0, 0.1) is 11.3 Å². The monoisotopic (exact) mass is 361 g/mol. The van der Waals surface area contributed by atoms with Gasteiger partial charge in [0.1, 0.15) is 17.4 Å². The van der Waals surface area contributed by atoms with Gasteiger partial charge in [-0.05, 0) is 67.8 Å². The molecule has 0 spiro atoms. The second-order valence-corrected chi connectivity index (χ2v) is 6.37. The first kappa shape index (κ1) is 18.5. The molecule has 1 aliphatic heterocycles. The molecule has 2 aromatic carbocycles. The molecule has 0 unspecified atom stereocenters. The van der Waals surface area contributed by atoms with Crippen LogP contribution in [-0.2, 0) is 4.79 Å². The van der Waals surface area contributed by atoms with Crippen LogP contribution in [0.25, 0.3) is 6.08 Å². The molecule has 1 saturated heterocycles. The van der Waals surface area contributed by atoms with E-state index in [1.807, 2.05) is 37.3 Å². The fourth-order valence-corrected chi connectivity index (χ4v) is 3.07. The molecule has 5 nitrogen and oxygen atoms in total. The first-order valence-electron chi connectivity index (χ1n) is 9.20. The molecule has 0 aromatic heterocycles. The average molecular weight is 361 g/mol. The number of nitrogens with one attached hydrogen (secondary N) is 1. The largest absolute Gasteiger partial charge is 0.494 e. The van der Waals surface area contributed by atoms with Crippen molar-refractivity contribution in [2.24, 2.45) is 0 Å². The highest BCUT2D eigenvalue weighted by Gasteiger charge is 2.13. The van der Waals surface area contributed by atoms with Gasteiger partial charge in [0, 0.05) is 24.5 Å². The molecule has 27 heavy (non-hydrogen) atoms. The van der Waals surface area contributed by atoms with E-state index < -0.39 is 5.91 Å². The van der Waals surface area contributed by atoms with E-state index in [-0.39, 0.29) is 5.57 Å². The molecule has 1 fully saturated rings. The number of benzene rings is 2. The molecule has 1 aliphatic rings. The van der Waals surface area contributed by atoms with Crippen LogP contribution in [0.2, 0.25) is 0 Å². The maximum absolute atomic E-state index is 12.4. The number of anilines is 2. The Kier molecular flexibility index (Phi) is 6.11. The molecule has 0 aliphatic carbocycles. The lowest BCUT2D eigenvalue weighted by Crippen LogP contribution is -2.17. The van der Waals surface area contributed by atoms with Crippen molar-refractivity contribution in [3.8, 4) is 11.8 Å². The molecule has 1 heterocycles. The summed E-state index contributed by atoms with van der Waals surface area (Å²) in [5.74, 6) is 0.315. The summed E-state index contributed by atoms with van der Waals surface area (Å²) in [6.07, 6.45) is 4.07. The van der Waals surface area contributed by atoms with Gasteiger partial charge in [-0.2, -0.15) is 5.26 Å². The van der Waals surface area contributed by atoms with E-state index in [2.05, 4.69) is 10.2 Å². The van der Waals surface area contributed by atoms with Crippen LogP contribution < -0.4 is 15.0 Å². The predicted octanol–water partition coefficient (Wildman–Crippen LogP) is 4.23.